The zero-order valence-electron chi connectivity index (χ0n) is 7.37. The van der Waals surface area contributed by atoms with E-state index in [4.69, 9.17) is 5.11 Å². The smallest absolute Gasteiger partial charge is 0.356 e. The molecule has 0 aliphatic carbocycles. The highest BCUT2D eigenvalue weighted by atomic mass is 16.4. The molecule has 1 heterocycles. The lowest BCUT2D eigenvalue weighted by Gasteiger charge is -2.02. The Morgan fingerprint density at radius 2 is 2.23 bits per heavy atom. The van der Waals surface area contributed by atoms with Crippen LogP contribution in [0.15, 0.2) is 11.0 Å². The maximum absolute atomic E-state index is 11.1. The minimum absolute atomic E-state index is 0.0805. The van der Waals surface area contributed by atoms with E-state index in [2.05, 4.69) is 9.97 Å². The molecular weight excluding hydrogens is 172 g/mol. The highest BCUT2D eigenvalue weighted by molar-refractivity contribution is 5.84. The van der Waals surface area contributed by atoms with Gasteiger partial charge >= 0.3 is 5.97 Å². The topological polar surface area (TPSA) is 83.0 Å². The van der Waals surface area contributed by atoms with Crippen LogP contribution in [-0.4, -0.2) is 21.0 Å². The molecule has 70 valence electrons. The number of nitrogens with zero attached hydrogens (tertiary/aromatic N) is 1. The van der Waals surface area contributed by atoms with Crippen LogP contribution in [0, 0.1) is 0 Å². The number of aromatic carboxylic acids is 1. The molecule has 1 aromatic heterocycles. The van der Waals surface area contributed by atoms with E-state index in [1.54, 1.807) is 13.8 Å². The summed E-state index contributed by atoms with van der Waals surface area (Å²) in [6.45, 7) is 3.56. The molecule has 0 amide bonds. The SMILES string of the molecule is CC(C)c1nc(C(=O)O)c[nH]c1=O. The number of aromatic amines is 1. The molecule has 0 saturated carbocycles. The Bertz CT molecular complexity index is 381. The minimum Gasteiger partial charge on any atom is -0.476 e. The predicted molar refractivity (Wildman–Crippen MR) is 45.9 cm³/mol. The quantitative estimate of drug-likeness (QED) is 0.701. The second kappa shape index (κ2) is 3.38. The van der Waals surface area contributed by atoms with Crippen LogP contribution in [0.25, 0.3) is 0 Å². The van der Waals surface area contributed by atoms with Gasteiger partial charge in [-0.1, -0.05) is 13.8 Å². The first kappa shape index (κ1) is 9.44. The fourth-order valence-electron chi connectivity index (χ4n) is 0.922. The number of nitrogens with one attached hydrogen (secondary N) is 1. The first-order chi connectivity index (χ1) is 6.02. The third-order valence-corrected chi connectivity index (χ3v) is 1.58. The summed E-state index contributed by atoms with van der Waals surface area (Å²) in [4.78, 5) is 27.7. The first-order valence-electron chi connectivity index (χ1n) is 3.85. The molecule has 0 aromatic carbocycles. The van der Waals surface area contributed by atoms with Gasteiger partial charge in [0, 0.05) is 12.1 Å². The Morgan fingerprint density at radius 1 is 1.62 bits per heavy atom. The van der Waals surface area contributed by atoms with Crippen LogP contribution in [0.2, 0.25) is 0 Å². The molecule has 0 fully saturated rings. The van der Waals surface area contributed by atoms with Crippen molar-refractivity contribution in [1.29, 1.82) is 0 Å². The molecule has 0 saturated heterocycles. The van der Waals surface area contributed by atoms with Crippen molar-refractivity contribution in [3.05, 3.63) is 27.9 Å². The van der Waals surface area contributed by atoms with E-state index in [0.717, 1.165) is 6.20 Å². The van der Waals surface area contributed by atoms with Gasteiger partial charge < -0.3 is 10.1 Å². The summed E-state index contributed by atoms with van der Waals surface area (Å²) in [5.74, 6) is -1.22. The van der Waals surface area contributed by atoms with Crippen LogP contribution in [-0.2, 0) is 0 Å². The van der Waals surface area contributed by atoms with Crippen molar-refractivity contribution < 1.29 is 9.90 Å². The van der Waals surface area contributed by atoms with Crippen LogP contribution < -0.4 is 5.56 Å². The summed E-state index contributed by atoms with van der Waals surface area (Å²) in [5.41, 5.74) is -0.219. The normalized spacial score (nSPS) is 10.4. The Kier molecular flexibility index (Phi) is 2.46. The molecule has 0 atom stereocenters. The predicted octanol–water partition coefficient (Wildman–Crippen LogP) is 0.592. The minimum atomic E-state index is -1.14. The number of aromatic nitrogens is 2. The zero-order chi connectivity index (χ0) is 10.0. The lowest BCUT2D eigenvalue weighted by molar-refractivity contribution is 0.0689. The number of H-pyrrole nitrogens is 1. The van der Waals surface area contributed by atoms with Crippen molar-refractivity contribution in [2.75, 3.05) is 0 Å². The Morgan fingerprint density at radius 3 is 2.69 bits per heavy atom. The van der Waals surface area contributed by atoms with E-state index >= 15 is 0 Å². The third-order valence-electron chi connectivity index (χ3n) is 1.58. The number of carbonyl (C=O) groups is 1. The Labute approximate surface area is 74.4 Å². The van der Waals surface area contributed by atoms with Crippen molar-refractivity contribution in [3.8, 4) is 0 Å². The number of hydrogen-bond acceptors (Lipinski definition) is 3. The molecule has 2 N–H and O–H groups in total. The van der Waals surface area contributed by atoms with E-state index in [1.165, 1.54) is 0 Å². The maximum Gasteiger partial charge on any atom is 0.356 e. The summed E-state index contributed by atoms with van der Waals surface area (Å²) in [6.07, 6.45) is 1.09. The van der Waals surface area contributed by atoms with Crippen molar-refractivity contribution in [1.82, 2.24) is 9.97 Å². The fraction of sp³-hybridized carbons (Fsp3) is 0.375. The van der Waals surface area contributed by atoms with Gasteiger partial charge in [0.2, 0.25) is 0 Å². The number of carboxylic acid groups (broad SMARTS) is 1. The summed E-state index contributed by atoms with van der Waals surface area (Å²) < 4.78 is 0. The number of carboxylic acids is 1. The lowest BCUT2D eigenvalue weighted by Crippen LogP contribution is -2.19. The van der Waals surface area contributed by atoms with Crippen LogP contribution >= 0.6 is 0 Å². The van der Waals surface area contributed by atoms with Crippen LogP contribution in [0.1, 0.15) is 35.9 Å². The summed E-state index contributed by atoms with van der Waals surface area (Å²) in [7, 11) is 0. The van der Waals surface area contributed by atoms with Crippen molar-refractivity contribution in [3.63, 3.8) is 0 Å². The standard InChI is InChI=1S/C8H10N2O3/c1-4(2)6-7(11)9-3-5(10-6)8(12)13/h3-4H,1-2H3,(H,9,11)(H,12,13). The molecule has 13 heavy (non-hydrogen) atoms. The van der Waals surface area contributed by atoms with E-state index in [0.29, 0.717) is 0 Å². The van der Waals surface area contributed by atoms with Gasteiger partial charge in [-0.15, -0.1) is 0 Å². The zero-order valence-corrected chi connectivity index (χ0v) is 7.37. The first-order valence-corrected chi connectivity index (χ1v) is 3.85. The molecule has 0 aliphatic heterocycles. The van der Waals surface area contributed by atoms with Crippen molar-refractivity contribution in [2.45, 2.75) is 19.8 Å². The van der Waals surface area contributed by atoms with Crippen molar-refractivity contribution >= 4 is 5.97 Å². The van der Waals surface area contributed by atoms with E-state index in [1.807, 2.05) is 0 Å². The molecule has 5 heteroatoms. The molecular formula is C8H10N2O3. The third kappa shape index (κ3) is 1.93. The average molecular weight is 182 g/mol. The van der Waals surface area contributed by atoms with Gasteiger partial charge in [-0.05, 0) is 0 Å². The van der Waals surface area contributed by atoms with Gasteiger partial charge in [-0.3, -0.25) is 4.79 Å². The van der Waals surface area contributed by atoms with Gasteiger partial charge in [-0.25, -0.2) is 9.78 Å². The molecule has 1 aromatic rings. The molecule has 0 aliphatic rings. The number of hydrogen-bond donors (Lipinski definition) is 2. The highest BCUT2D eigenvalue weighted by Gasteiger charge is 2.11. The van der Waals surface area contributed by atoms with E-state index in [9.17, 15) is 9.59 Å². The molecule has 0 bridgehead atoms. The van der Waals surface area contributed by atoms with Crippen molar-refractivity contribution in [2.24, 2.45) is 0 Å². The van der Waals surface area contributed by atoms with Crippen LogP contribution in [0.5, 0.6) is 0 Å². The van der Waals surface area contributed by atoms with Crippen LogP contribution in [0.4, 0.5) is 0 Å². The van der Waals surface area contributed by atoms with E-state index in [-0.39, 0.29) is 22.9 Å². The Balaban J connectivity index is 3.27. The van der Waals surface area contributed by atoms with Gasteiger partial charge in [0.15, 0.2) is 5.69 Å². The molecule has 1 rings (SSSR count). The summed E-state index contributed by atoms with van der Waals surface area (Å²) in [6, 6.07) is 0. The molecule has 0 radical (unpaired) electrons. The molecule has 0 spiro atoms. The average Bonchev–Trinajstić information content (AvgIpc) is 2.04. The highest BCUT2D eigenvalue weighted by Crippen LogP contribution is 2.05. The van der Waals surface area contributed by atoms with Crippen LogP contribution in [0.3, 0.4) is 0 Å². The van der Waals surface area contributed by atoms with Gasteiger partial charge in [-0.2, -0.15) is 0 Å². The summed E-state index contributed by atoms with van der Waals surface area (Å²) >= 11 is 0. The number of rotatable bonds is 2. The lowest BCUT2D eigenvalue weighted by atomic mass is 10.1. The van der Waals surface area contributed by atoms with E-state index < -0.39 is 5.97 Å². The molecule has 0 unspecified atom stereocenters. The van der Waals surface area contributed by atoms with Gasteiger partial charge in [0.05, 0.1) is 0 Å². The van der Waals surface area contributed by atoms with Gasteiger partial charge in [0.25, 0.3) is 5.56 Å². The monoisotopic (exact) mass is 182 g/mol. The second-order valence-electron chi connectivity index (χ2n) is 2.96. The summed E-state index contributed by atoms with van der Waals surface area (Å²) in [5, 5.41) is 8.60. The maximum atomic E-state index is 11.1. The fourth-order valence-corrected chi connectivity index (χ4v) is 0.922. The Hall–Kier alpha value is -1.65. The molecule has 5 nitrogen and oxygen atoms in total. The largest absolute Gasteiger partial charge is 0.476 e. The van der Waals surface area contributed by atoms with Gasteiger partial charge in [0.1, 0.15) is 5.69 Å². The second-order valence-corrected chi connectivity index (χ2v) is 2.96.